The number of aromatic nitrogens is 1. The highest BCUT2D eigenvalue weighted by Gasteiger charge is 2.44. The van der Waals surface area contributed by atoms with Crippen molar-refractivity contribution < 1.29 is 24.2 Å². The number of carbonyl (C=O) groups excluding carboxylic acids is 1. The Balaban J connectivity index is 1.95. The van der Waals surface area contributed by atoms with Crippen LogP contribution in [-0.2, 0) is 9.53 Å². The van der Waals surface area contributed by atoms with E-state index >= 15 is 0 Å². The molecule has 1 aliphatic rings. The maximum absolute atomic E-state index is 12.6. The average molecular weight is 330 g/mol. The number of fused-ring (bicyclic) bond motifs is 1. The van der Waals surface area contributed by atoms with E-state index in [-0.39, 0.29) is 13.0 Å². The first-order valence-corrected chi connectivity index (χ1v) is 7.54. The number of rotatable bonds is 4. The summed E-state index contributed by atoms with van der Waals surface area (Å²) < 4.78 is 10.3. The maximum Gasteiger partial charge on any atom is 0.331 e. The highest BCUT2D eigenvalue weighted by atomic mass is 16.5. The van der Waals surface area contributed by atoms with E-state index in [4.69, 9.17) is 9.47 Å². The standard InChI is InChI=1S/C17H18N2O5/c1-10-13(7-11-3-4-12(23-2)8-14(11)18-10)15(20)19-17(16(21)22)5-6-24-9-17/h3-4,7-8H,5-6,9H2,1-2H3,(H,19,20)(H,21,22). The number of nitrogens with zero attached hydrogens (tertiary/aromatic N) is 1. The van der Waals surface area contributed by atoms with Crippen molar-refractivity contribution in [1.29, 1.82) is 0 Å². The minimum atomic E-state index is -1.38. The number of pyridine rings is 1. The van der Waals surface area contributed by atoms with Crippen molar-refractivity contribution >= 4 is 22.8 Å². The van der Waals surface area contributed by atoms with Gasteiger partial charge in [-0.3, -0.25) is 9.78 Å². The van der Waals surface area contributed by atoms with Crippen LogP contribution in [0.4, 0.5) is 0 Å². The molecular weight excluding hydrogens is 312 g/mol. The summed E-state index contributed by atoms with van der Waals surface area (Å²) in [6.07, 6.45) is 0.241. The van der Waals surface area contributed by atoms with E-state index in [0.29, 0.717) is 29.1 Å². The lowest BCUT2D eigenvalue weighted by Crippen LogP contribution is -2.55. The number of hydrogen-bond donors (Lipinski definition) is 2. The first kappa shape index (κ1) is 16.2. The first-order chi connectivity index (χ1) is 11.4. The van der Waals surface area contributed by atoms with Crippen LogP contribution in [0.2, 0.25) is 0 Å². The van der Waals surface area contributed by atoms with Gasteiger partial charge < -0.3 is 19.9 Å². The quantitative estimate of drug-likeness (QED) is 0.882. The van der Waals surface area contributed by atoms with E-state index in [2.05, 4.69) is 10.3 Å². The van der Waals surface area contributed by atoms with Crippen molar-refractivity contribution in [3.8, 4) is 5.75 Å². The van der Waals surface area contributed by atoms with Gasteiger partial charge in [0.2, 0.25) is 0 Å². The van der Waals surface area contributed by atoms with Crippen LogP contribution in [0, 0.1) is 6.92 Å². The molecule has 126 valence electrons. The molecule has 24 heavy (non-hydrogen) atoms. The predicted molar refractivity (Wildman–Crippen MR) is 86.3 cm³/mol. The molecule has 7 heteroatoms. The van der Waals surface area contributed by atoms with Crippen LogP contribution in [0.1, 0.15) is 22.5 Å². The van der Waals surface area contributed by atoms with Crippen LogP contribution in [0.25, 0.3) is 10.9 Å². The van der Waals surface area contributed by atoms with Gasteiger partial charge in [0.15, 0.2) is 5.54 Å². The van der Waals surface area contributed by atoms with Gasteiger partial charge in [0.25, 0.3) is 5.91 Å². The molecule has 0 bridgehead atoms. The van der Waals surface area contributed by atoms with Crippen molar-refractivity contribution in [2.24, 2.45) is 0 Å². The number of benzene rings is 1. The second-order valence-electron chi connectivity index (χ2n) is 5.82. The molecule has 1 amide bonds. The summed E-state index contributed by atoms with van der Waals surface area (Å²) in [5.74, 6) is -0.880. The van der Waals surface area contributed by atoms with Crippen LogP contribution >= 0.6 is 0 Å². The maximum atomic E-state index is 12.6. The molecule has 0 aliphatic carbocycles. The van der Waals surface area contributed by atoms with Gasteiger partial charge >= 0.3 is 5.97 Å². The van der Waals surface area contributed by atoms with Crippen molar-refractivity contribution in [2.45, 2.75) is 18.9 Å². The van der Waals surface area contributed by atoms with E-state index in [1.165, 1.54) is 0 Å². The summed E-state index contributed by atoms with van der Waals surface area (Å²) in [4.78, 5) is 28.6. The zero-order chi connectivity index (χ0) is 17.3. The number of ether oxygens (including phenoxy) is 2. The first-order valence-electron chi connectivity index (χ1n) is 7.54. The molecule has 2 aromatic rings. The van der Waals surface area contributed by atoms with Crippen LogP contribution in [0.5, 0.6) is 5.75 Å². The number of amides is 1. The number of carboxylic acid groups (broad SMARTS) is 1. The lowest BCUT2D eigenvalue weighted by atomic mass is 9.98. The zero-order valence-electron chi connectivity index (χ0n) is 13.5. The second-order valence-corrected chi connectivity index (χ2v) is 5.82. The van der Waals surface area contributed by atoms with Crippen LogP contribution in [-0.4, -0.2) is 47.8 Å². The fourth-order valence-corrected chi connectivity index (χ4v) is 2.77. The van der Waals surface area contributed by atoms with Gasteiger partial charge in [-0.25, -0.2) is 4.79 Å². The van der Waals surface area contributed by atoms with Gasteiger partial charge in [0.05, 0.1) is 30.5 Å². The van der Waals surface area contributed by atoms with E-state index in [9.17, 15) is 14.7 Å². The molecule has 7 nitrogen and oxygen atoms in total. The highest BCUT2D eigenvalue weighted by molar-refractivity contribution is 6.01. The third-order valence-corrected chi connectivity index (χ3v) is 4.24. The molecule has 1 aromatic carbocycles. The summed E-state index contributed by atoms with van der Waals surface area (Å²) in [5.41, 5.74) is 0.201. The van der Waals surface area contributed by atoms with Gasteiger partial charge in [-0.15, -0.1) is 0 Å². The Morgan fingerprint density at radius 3 is 2.79 bits per heavy atom. The molecule has 0 radical (unpaired) electrons. The van der Waals surface area contributed by atoms with Gasteiger partial charge in [0.1, 0.15) is 5.75 Å². The van der Waals surface area contributed by atoms with Gasteiger partial charge in [0, 0.05) is 24.5 Å². The number of carboxylic acids is 1. The van der Waals surface area contributed by atoms with E-state index in [0.717, 1.165) is 5.39 Å². The molecular formula is C17H18N2O5. The second kappa shape index (κ2) is 6.09. The third-order valence-electron chi connectivity index (χ3n) is 4.24. The Labute approximate surface area is 138 Å². The Morgan fingerprint density at radius 1 is 1.38 bits per heavy atom. The van der Waals surface area contributed by atoms with Crippen molar-refractivity contribution in [1.82, 2.24) is 10.3 Å². The molecule has 1 atom stereocenters. The summed E-state index contributed by atoms with van der Waals surface area (Å²) in [7, 11) is 1.57. The van der Waals surface area contributed by atoms with Gasteiger partial charge in [-0.2, -0.15) is 0 Å². The molecule has 1 aromatic heterocycles. The Bertz CT molecular complexity index is 812. The van der Waals surface area contributed by atoms with Crippen LogP contribution in [0.3, 0.4) is 0 Å². The number of aliphatic carboxylic acids is 1. The minimum Gasteiger partial charge on any atom is -0.497 e. The number of nitrogens with one attached hydrogen (secondary N) is 1. The van der Waals surface area contributed by atoms with Gasteiger partial charge in [-0.05, 0) is 25.1 Å². The number of aryl methyl sites for hydroxylation is 1. The molecule has 1 fully saturated rings. The topological polar surface area (TPSA) is 97.8 Å². The summed E-state index contributed by atoms with van der Waals surface area (Å²) >= 11 is 0. The normalized spacial score (nSPS) is 20.1. The van der Waals surface area contributed by atoms with E-state index < -0.39 is 17.4 Å². The van der Waals surface area contributed by atoms with Crippen molar-refractivity contribution in [2.75, 3.05) is 20.3 Å². The molecule has 1 saturated heterocycles. The van der Waals surface area contributed by atoms with Crippen LogP contribution < -0.4 is 10.1 Å². The summed E-state index contributed by atoms with van der Waals surface area (Å²) in [6, 6.07) is 7.08. The molecule has 1 aliphatic heterocycles. The van der Waals surface area contributed by atoms with E-state index in [1.54, 1.807) is 32.2 Å². The highest BCUT2D eigenvalue weighted by Crippen LogP contribution is 2.24. The van der Waals surface area contributed by atoms with Crippen molar-refractivity contribution in [3.05, 3.63) is 35.5 Å². The largest absolute Gasteiger partial charge is 0.497 e. The summed E-state index contributed by atoms with van der Waals surface area (Å²) in [6.45, 7) is 1.99. The smallest absolute Gasteiger partial charge is 0.331 e. The lowest BCUT2D eigenvalue weighted by molar-refractivity contribution is -0.144. The molecule has 1 unspecified atom stereocenters. The fourth-order valence-electron chi connectivity index (χ4n) is 2.77. The number of methoxy groups -OCH3 is 1. The SMILES string of the molecule is COc1ccc2cc(C(=O)NC3(C(=O)O)CCOC3)c(C)nc2c1. The molecule has 2 N–H and O–H groups in total. The zero-order valence-corrected chi connectivity index (χ0v) is 13.5. The summed E-state index contributed by atoms with van der Waals surface area (Å²) in [5, 5.41) is 12.8. The Kier molecular flexibility index (Phi) is 4.11. The Hall–Kier alpha value is -2.67. The molecule has 3 rings (SSSR count). The number of hydrogen-bond acceptors (Lipinski definition) is 5. The molecule has 0 spiro atoms. The Morgan fingerprint density at radius 2 is 2.17 bits per heavy atom. The minimum absolute atomic E-state index is 0.0364. The fraction of sp³-hybridized carbons (Fsp3) is 0.353. The monoisotopic (exact) mass is 330 g/mol. The van der Waals surface area contributed by atoms with Gasteiger partial charge in [-0.1, -0.05) is 0 Å². The number of carbonyl (C=O) groups is 2. The van der Waals surface area contributed by atoms with E-state index in [1.807, 2.05) is 6.07 Å². The van der Waals surface area contributed by atoms with Crippen LogP contribution in [0.15, 0.2) is 24.3 Å². The predicted octanol–water partition coefficient (Wildman–Crippen LogP) is 1.53. The average Bonchev–Trinajstić information content (AvgIpc) is 3.03. The molecule has 0 saturated carbocycles. The van der Waals surface area contributed by atoms with Crippen molar-refractivity contribution in [3.63, 3.8) is 0 Å². The molecule has 2 heterocycles. The lowest BCUT2D eigenvalue weighted by Gasteiger charge is -2.24. The third kappa shape index (κ3) is 2.78.